The molecule has 0 bridgehead atoms. The molecule has 1 aromatic carbocycles. The molecule has 4 rings (SSSR count). The number of thiazole rings is 1. The van der Waals surface area contributed by atoms with Crippen molar-refractivity contribution in [3.63, 3.8) is 0 Å². The molecule has 2 aromatic heterocycles. The van der Waals surface area contributed by atoms with Crippen LogP contribution in [-0.2, 0) is 30.9 Å². The third kappa shape index (κ3) is 4.85. The van der Waals surface area contributed by atoms with E-state index >= 15 is 0 Å². The summed E-state index contributed by atoms with van der Waals surface area (Å²) in [6.45, 7) is 6.03. The summed E-state index contributed by atoms with van der Waals surface area (Å²) in [5.74, 6) is -0.989. The number of nitrogens with zero attached hydrogens (tertiary/aromatic N) is 3. The van der Waals surface area contributed by atoms with E-state index in [4.69, 9.17) is 16.3 Å². The molecule has 0 saturated carbocycles. The zero-order chi connectivity index (χ0) is 24.6. The number of carbonyl (C=O) groups is 2. The third-order valence-electron chi connectivity index (χ3n) is 5.51. The molecule has 1 atom stereocenters. The number of sulfonamides is 1. The van der Waals surface area contributed by atoms with Gasteiger partial charge in [0.05, 0.1) is 21.2 Å². The van der Waals surface area contributed by atoms with Gasteiger partial charge in [0.25, 0.3) is 15.9 Å². The van der Waals surface area contributed by atoms with Crippen LogP contribution in [0.5, 0.6) is 0 Å². The highest BCUT2D eigenvalue weighted by Gasteiger charge is 2.40. The minimum absolute atomic E-state index is 0.0940. The molecule has 34 heavy (non-hydrogen) atoms. The van der Waals surface area contributed by atoms with Gasteiger partial charge in [0.15, 0.2) is 4.80 Å². The summed E-state index contributed by atoms with van der Waals surface area (Å²) in [4.78, 5) is 30.2. The second kappa shape index (κ2) is 9.90. The molecule has 182 valence electrons. The number of hydrogen-bond acceptors (Lipinski definition) is 7. The standard InChI is InChI=1S/C22H24ClN3O5S3/c1-4-31-18(27)12-25-16-11-13(2)10-14(3)20(16)33-22(25)24-21(28)15-6-5-9-26(15)34(29,30)19-8-7-17(23)32-19/h7-8,10-11,15H,4-6,9,12H2,1-3H3. The number of ether oxygens (including phenoxy) is 1. The maximum absolute atomic E-state index is 13.3. The van der Waals surface area contributed by atoms with Gasteiger partial charge < -0.3 is 9.30 Å². The molecule has 1 aliphatic heterocycles. The first-order valence-corrected chi connectivity index (χ1v) is 14.2. The van der Waals surface area contributed by atoms with Crippen molar-refractivity contribution in [2.45, 2.75) is 50.4 Å². The van der Waals surface area contributed by atoms with Gasteiger partial charge in [0.1, 0.15) is 16.8 Å². The summed E-state index contributed by atoms with van der Waals surface area (Å²) in [5, 5.41) is 0. The number of halogens is 1. The molecule has 1 unspecified atom stereocenters. The maximum Gasteiger partial charge on any atom is 0.326 e. The van der Waals surface area contributed by atoms with Crippen LogP contribution in [0.15, 0.2) is 33.5 Å². The van der Waals surface area contributed by atoms with Gasteiger partial charge in [-0.15, -0.1) is 11.3 Å². The largest absolute Gasteiger partial charge is 0.465 e. The first-order chi connectivity index (χ1) is 16.1. The Labute approximate surface area is 210 Å². The normalized spacial score (nSPS) is 17.5. The topological polar surface area (TPSA) is 98.0 Å². The molecular formula is C22H24ClN3O5S3. The molecule has 1 saturated heterocycles. The number of aryl methyl sites for hydroxylation is 2. The quantitative estimate of drug-likeness (QED) is 0.441. The van der Waals surface area contributed by atoms with Crippen molar-refractivity contribution in [1.82, 2.24) is 8.87 Å². The van der Waals surface area contributed by atoms with E-state index in [1.807, 2.05) is 26.0 Å². The zero-order valence-electron chi connectivity index (χ0n) is 18.9. The van der Waals surface area contributed by atoms with Crippen LogP contribution in [0, 0.1) is 13.8 Å². The molecule has 12 heteroatoms. The van der Waals surface area contributed by atoms with Crippen molar-refractivity contribution in [3.05, 3.63) is 44.5 Å². The molecule has 1 aliphatic rings. The Morgan fingerprint density at radius 2 is 2.00 bits per heavy atom. The Balaban J connectivity index is 1.76. The fourth-order valence-electron chi connectivity index (χ4n) is 4.08. The third-order valence-corrected chi connectivity index (χ3v) is 10.3. The maximum atomic E-state index is 13.3. The van der Waals surface area contributed by atoms with Crippen LogP contribution in [0.1, 0.15) is 30.9 Å². The highest BCUT2D eigenvalue weighted by molar-refractivity contribution is 7.91. The van der Waals surface area contributed by atoms with Crippen molar-refractivity contribution >= 4 is 66.4 Å². The molecule has 3 heterocycles. The number of hydrogen-bond donors (Lipinski definition) is 0. The highest BCUT2D eigenvalue weighted by atomic mass is 35.5. The summed E-state index contributed by atoms with van der Waals surface area (Å²) in [6.07, 6.45) is 0.930. The lowest BCUT2D eigenvalue weighted by atomic mass is 10.1. The summed E-state index contributed by atoms with van der Waals surface area (Å²) in [5.41, 5.74) is 2.80. The van der Waals surface area contributed by atoms with Crippen molar-refractivity contribution in [2.75, 3.05) is 13.2 Å². The second-order valence-corrected chi connectivity index (χ2v) is 12.8. The smallest absolute Gasteiger partial charge is 0.326 e. The first-order valence-electron chi connectivity index (χ1n) is 10.7. The van der Waals surface area contributed by atoms with Crippen molar-refractivity contribution in [3.8, 4) is 0 Å². The Hall–Kier alpha value is -2.05. The first kappa shape index (κ1) is 25.1. The molecule has 1 fully saturated rings. The van der Waals surface area contributed by atoms with Crippen LogP contribution in [0.4, 0.5) is 0 Å². The molecule has 8 nitrogen and oxygen atoms in total. The Bertz CT molecular complexity index is 1440. The number of esters is 1. The zero-order valence-corrected chi connectivity index (χ0v) is 22.1. The van der Waals surface area contributed by atoms with Gasteiger partial charge in [-0.25, -0.2) is 8.42 Å². The van der Waals surface area contributed by atoms with Crippen LogP contribution >= 0.6 is 34.3 Å². The van der Waals surface area contributed by atoms with E-state index in [0.29, 0.717) is 22.0 Å². The number of aromatic nitrogens is 1. The lowest BCUT2D eigenvalue weighted by Crippen LogP contribution is -2.40. The SMILES string of the molecule is CCOC(=O)Cn1c(=NC(=O)C2CCCN2S(=O)(=O)c2ccc(Cl)s2)sc2c(C)cc(C)cc21. The van der Waals surface area contributed by atoms with Crippen LogP contribution in [0.3, 0.4) is 0 Å². The molecule has 0 N–H and O–H groups in total. The number of rotatable bonds is 6. The van der Waals surface area contributed by atoms with Gasteiger partial charge in [-0.05, 0) is 62.9 Å². The molecule has 0 radical (unpaired) electrons. The lowest BCUT2D eigenvalue weighted by Gasteiger charge is -2.20. The number of fused-ring (bicyclic) bond motifs is 1. The van der Waals surface area contributed by atoms with E-state index in [1.165, 1.54) is 27.8 Å². The Kier molecular flexibility index (Phi) is 7.30. The van der Waals surface area contributed by atoms with E-state index in [1.54, 1.807) is 11.5 Å². The van der Waals surface area contributed by atoms with Crippen LogP contribution in [0.25, 0.3) is 10.2 Å². The molecule has 1 amide bonds. The number of thiophene rings is 1. The predicted molar refractivity (Wildman–Crippen MR) is 133 cm³/mol. The van der Waals surface area contributed by atoms with E-state index in [0.717, 1.165) is 32.7 Å². The summed E-state index contributed by atoms with van der Waals surface area (Å²) >= 11 is 8.19. The summed E-state index contributed by atoms with van der Waals surface area (Å²) < 4.78 is 35.6. The molecule has 3 aromatic rings. The number of amides is 1. The Morgan fingerprint density at radius 3 is 2.68 bits per heavy atom. The molecular weight excluding hydrogens is 518 g/mol. The van der Waals surface area contributed by atoms with Crippen molar-refractivity contribution in [2.24, 2.45) is 4.99 Å². The van der Waals surface area contributed by atoms with Gasteiger partial charge in [-0.3, -0.25) is 9.59 Å². The highest BCUT2D eigenvalue weighted by Crippen LogP contribution is 2.32. The second-order valence-electron chi connectivity index (χ2n) is 7.99. The van der Waals surface area contributed by atoms with Gasteiger partial charge in [-0.1, -0.05) is 29.0 Å². The minimum Gasteiger partial charge on any atom is -0.465 e. The van der Waals surface area contributed by atoms with Crippen molar-refractivity contribution < 1.29 is 22.7 Å². The Morgan fingerprint density at radius 1 is 1.24 bits per heavy atom. The lowest BCUT2D eigenvalue weighted by molar-refractivity contribution is -0.143. The van der Waals surface area contributed by atoms with Gasteiger partial charge >= 0.3 is 5.97 Å². The fourth-order valence-corrected chi connectivity index (χ4v) is 8.43. The predicted octanol–water partition coefficient (Wildman–Crippen LogP) is 3.88. The fraction of sp³-hybridized carbons (Fsp3) is 0.409. The average Bonchev–Trinajstić information content (AvgIpc) is 3.49. The van der Waals surface area contributed by atoms with E-state index in [-0.39, 0.29) is 23.9 Å². The van der Waals surface area contributed by atoms with Gasteiger partial charge in [-0.2, -0.15) is 9.30 Å². The number of carbonyl (C=O) groups excluding carboxylic acids is 2. The van der Waals surface area contributed by atoms with Gasteiger partial charge in [0.2, 0.25) is 0 Å². The van der Waals surface area contributed by atoms with Crippen LogP contribution in [0.2, 0.25) is 4.34 Å². The molecule has 0 aliphatic carbocycles. The van der Waals surface area contributed by atoms with E-state index in [2.05, 4.69) is 4.99 Å². The van der Waals surface area contributed by atoms with Crippen molar-refractivity contribution in [1.29, 1.82) is 0 Å². The van der Waals surface area contributed by atoms with E-state index in [9.17, 15) is 18.0 Å². The molecule has 0 spiro atoms. The minimum atomic E-state index is -3.87. The van der Waals surface area contributed by atoms with Gasteiger partial charge in [0, 0.05) is 6.54 Å². The van der Waals surface area contributed by atoms with E-state index < -0.39 is 27.9 Å². The van der Waals surface area contributed by atoms with Crippen LogP contribution < -0.4 is 4.80 Å². The average molecular weight is 542 g/mol. The van der Waals surface area contributed by atoms with Crippen LogP contribution in [-0.4, -0.2) is 48.4 Å². The summed E-state index contributed by atoms with van der Waals surface area (Å²) in [7, 11) is -3.87. The number of benzene rings is 1. The summed E-state index contributed by atoms with van der Waals surface area (Å²) in [6, 6.07) is 6.03. The monoisotopic (exact) mass is 541 g/mol.